The maximum Gasteiger partial charge on any atom is 0.240 e. The maximum absolute atomic E-state index is 12.4. The van der Waals surface area contributed by atoms with Gasteiger partial charge in [0, 0.05) is 25.0 Å². The Bertz CT molecular complexity index is 723. The van der Waals surface area contributed by atoms with Crippen LogP contribution < -0.4 is 4.72 Å². The van der Waals surface area contributed by atoms with Crippen LogP contribution in [0, 0.1) is 0 Å². The van der Waals surface area contributed by atoms with Crippen LogP contribution in [0.4, 0.5) is 0 Å². The largest absolute Gasteiger partial charge is 0.336 e. The highest BCUT2D eigenvalue weighted by Crippen LogP contribution is 2.24. The highest BCUT2D eigenvalue weighted by atomic mass is 32.2. The number of aromatic nitrogens is 2. The zero-order valence-corrected chi connectivity index (χ0v) is 12.8. The molecule has 2 aromatic rings. The molecule has 1 aliphatic carbocycles. The number of nitrogens with one attached hydrogen (secondary N) is 1. The van der Waals surface area contributed by atoms with Gasteiger partial charge in [-0.25, -0.2) is 18.1 Å². The molecule has 0 bridgehead atoms. The quantitative estimate of drug-likeness (QED) is 0.915. The number of hydrogen-bond acceptors (Lipinski definition) is 3. The second-order valence-corrected chi connectivity index (χ2v) is 7.28. The summed E-state index contributed by atoms with van der Waals surface area (Å²) in [7, 11) is -3.47. The molecule has 0 radical (unpaired) electrons. The predicted molar refractivity (Wildman–Crippen MR) is 80.5 cm³/mol. The molecule has 21 heavy (non-hydrogen) atoms. The van der Waals surface area contributed by atoms with E-state index >= 15 is 0 Å². The Morgan fingerprint density at radius 1 is 1.33 bits per heavy atom. The topological polar surface area (TPSA) is 64.0 Å². The summed E-state index contributed by atoms with van der Waals surface area (Å²) in [5.41, 5.74) is 2.44. The first-order valence-electron chi connectivity index (χ1n) is 7.14. The van der Waals surface area contributed by atoms with Crippen molar-refractivity contribution < 1.29 is 8.42 Å². The van der Waals surface area contributed by atoms with Crippen molar-refractivity contribution in [1.29, 1.82) is 0 Å². The lowest BCUT2D eigenvalue weighted by atomic mass is 10.1. The molecule has 1 aromatic carbocycles. The number of rotatable bonds is 5. The molecule has 1 aliphatic rings. The number of sulfonamides is 1. The lowest BCUT2D eigenvalue weighted by molar-refractivity contribution is 0.520. The van der Waals surface area contributed by atoms with Crippen molar-refractivity contribution in [2.45, 2.75) is 43.7 Å². The average molecular weight is 305 g/mol. The normalized spacial score (nSPS) is 15.9. The van der Waals surface area contributed by atoms with Crippen LogP contribution in [-0.2, 0) is 29.4 Å². The SMILES string of the molecule is C[C@@H](Cn1ccnc1)NS(=O)(=O)c1ccc2c(c1)CCC2. The average Bonchev–Trinajstić information content (AvgIpc) is 3.07. The third-order valence-electron chi connectivity index (χ3n) is 3.78. The zero-order chi connectivity index (χ0) is 14.9. The molecule has 3 rings (SSSR count). The van der Waals surface area contributed by atoms with Gasteiger partial charge in [-0.3, -0.25) is 0 Å². The molecule has 0 unspecified atom stereocenters. The van der Waals surface area contributed by atoms with Gasteiger partial charge in [0.05, 0.1) is 11.2 Å². The minimum Gasteiger partial charge on any atom is -0.336 e. The van der Waals surface area contributed by atoms with Gasteiger partial charge >= 0.3 is 0 Å². The Balaban J connectivity index is 1.74. The summed E-state index contributed by atoms with van der Waals surface area (Å²) < 4.78 is 29.5. The minimum atomic E-state index is -3.47. The van der Waals surface area contributed by atoms with E-state index in [1.807, 2.05) is 29.8 Å². The molecule has 0 fully saturated rings. The second-order valence-electron chi connectivity index (χ2n) is 5.57. The van der Waals surface area contributed by atoms with Crippen molar-refractivity contribution in [2.24, 2.45) is 0 Å². The lowest BCUT2D eigenvalue weighted by Gasteiger charge is -2.15. The second kappa shape index (κ2) is 5.61. The van der Waals surface area contributed by atoms with E-state index in [9.17, 15) is 8.42 Å². The molecule has 1 aromatic heterocycles. The Hall–Kier alpha value is -1.66. The van der Waals surface area contributed by atoms with Crippen LogP contribution >= 0.6 is 0 Å². The molecule has 0 saturated heterocycles. The summed E-state index contributed by atoms with van der Waals surface area (Å²) in [6, 6.07) is 5.26. The van der Waals surface area contributed by atoms with Crippen molar-refractivity contribution >= 4 is 10.0 Å². The standard InChI is InChI=1S/C15H19N3O2S/c1-12(10-18-8-7-16-11-18)17-21(19,20)15-6-5-13-3-2-4-14(13)9-15/h5-9,11-12,17H,2-4,10H2,1H3/t12-/m0/s1. The zero-order valence-electron chi connectivity index (χ0n) is 12.0. The minimum absolute atomic E-state index is 0.197. The van der Waals surface area contributed by atoms with Gasteiger partial charge in [0.25, 0.3) is 0 Å². The van der Waals surface area contributed by atoms with E-state index in [4.69, 9.17) is 0 Å². The molecule has 0 spiro atoms. The molecule has 0 saturated carbocycles. The van der Waals surface area contributed by atoms with Crippen molar-refractivity contribution in [2.75, 3.05) is 0 Å². The molecule has 5 nitrogen and oxygen atoms in total. The van der Waals surface area contributed by atoms with Gasteiger partial charge in [-0.1, -0.05) is 6.07 Å². The predicted octanol–water partition coefficient (Wildman–Crippen LogP) is 1.74. The van der Waals surface area contributed by atoms with Gasteiger partial charge in [-0.2, -0.15) is 0 Å². The van der Waals surface area contributed by atoms with E-state index in [-0.39, 0.29) is 6.04 Å². The third-order valence-corrected chi connectivity index (χ3v) is 5.37. The molecule has 1 heterocycles. The molecule has 0 amide bonds. The highest BCUT2D eigenvalue weighted by molar-refractivity contribution is 7.89. The molecular formula is C15H19N3O2S. The smallest absolute Gasteiger partial charge is 0.240 e. The van der Waals surface area contributed by atoms with Crippen LogP contribution in [0.1, 0.15) is 24.5 Å². The summed E-state index contributed by atoms with van der Waals surface area (Å²) in [6.45, 7) is 2.41. The number of fused-ring (bicyclic) bond motifs is 1. The van der Waals surface area contributed by atoms with Crippen molar-refractivity contribution in [1.82, 2.24) is 14.3 Å². The molecule has 1 atom stereocenters. The molecule has 6 heteroatoms. The van der Waals surface area contributed by atoms with E-state index in [0.29, 0.717) is 11.4 Å². The van der Waals surface area contributed by atoms with E-state index in [0.717, 1.165) is 19.3 Å². The highest BCUT2D eigenvalue weighted by Gasteiger charge is 2.20. The molecule has 0 aliphatic heterocycles. The molecular weight excluding hydrogens is 286 g/mol. The fourth-order valence-corrected chi connectivity index (χ4v) is 4.08. The first-order valence-corrected chi connectivity index (χ1v) is 8.63. The van der Waals surface area contributed by atoms with Crippen LogP contribution in [-0.4, -0.2) is 24.0 Å². The van der Waals surface area contributed by atoms with Crippen LogP contribution in [0.5, 0.6) is 0 Å². The fourth-order valence-electron chi connectivity index (χ4n) is 2.80. The van der Waals surface area contributed by atoms with Gasteiger partial charge in [-0.15, -0.1) is 0 Å². The Labute approximate surface area is 125 Å². The summed E-state index contributed by atoms with van der Waals surface area (Å²) >= 11 is 0. The first-order chi connectivity index (χ1) is 10.0. The number of imidazole rings is 1. The van der Waals surface area contributed by atoms with Crippen LogP contribution in [0.25, 0.3) is 0 Å². The van der Waals surface area contributed by atoms with E-state index in [2.05, 4.69) is 9.71 Å². The fraction of sp³-hybridized carbons (Fsp3) is 0.400. The van der Waals surface area contributed by atoms with Crippen molar-refractivity contribution in [3.63, 3.8) is 0 Å². The van der Waals surface area contributed by atoms with Crippen LogP contribution in [0.2, 0.25) is 0 Å². The van der Waals surface area contributed by atoms with Gasteiger partial charge in [0.1, 0.15) is 0 Å². The first kappa shape index (κ1) is 14.3. The Morgan fingerprint density at radius 2 is 2.14 bits per heavy atom. The number of hydrogen-bond donors (Lipinski definition) is 1. The van der Waals surface area contributed by atoms with E-state index in [1.165, 1.54) is 11.1 Å². The maximum atomic E-state index is 12.4. The number of nitrogens with zero attached hydrogens (tertiary/aromatic N) is 2. The summed E-state index contributed by atoms with van der Waals surface area (Å²) in [5, 5.41) is 0. The van der Waals surface area contributed by atoms with Gasteiger partial charge in [-0.05, 0) is 49.4 Å². The monoisotopic (exact) mass is 305 g/mol. The van der Waals surface area contributed by atoms with Gasteiger partial charge in [0.2, 0.25) is 10.0 Å². The number of aryl methyl sites for hydroxylation is 2. The van der Waals surface area contributed by atoms with E-state index < -0.39 is 10.0 Å². The molecule has 1 N–H and O–H groups in total. The van der Waals surface area contributed by atoms with E-state index in [1.54, 1.807) is 18.6 Å². The lowest BCUT2D eigenvalue weighted by Crippen LogP contribution is -2.35. The van der Waals surface area contributed by atoms with Crippen LogP contribution in [0.3, 0.4) is 0 Å². The summed E-state index contributed by atoms with van der Waals surface area (Å²) in [4.78, 5) is 4.32. The number of benzene rings is 1. The Morgan fingerprint density at radius 3 is 2.90 bits per heavy atom. The summed E-state index contributed by atoms with van der Waals surface area (Å²) in [6.07, 6.45) is 8.33. The molecule has 112 valence electrons. The summed E-state index contributed by atoms with van der Waals surface area (Å²) in [5.74, 6) is 0. The van der Waals surface area contributed by atoms with Crippen LogP contribution in [0.15, 0.2) is 41.8 Å². The third kappa shape index (κ3) is 3.16. The van der Waals surface area contributed by atoms with Gasteiger partial charge in [0.15, 0.2) is 0 Å². The van der Waals surface area contributed by atoms with Crippen molar-refractivity contribution in [3.8, 4) is 0 Å². The Kier molecular flexibility index (Phi) is 3.82. The van der Waals surface area contributed by atoms with Crippen molar-refractivity contribution in [3.05, 3.63) is 48.0 Å². The van der Waals surface area contributed by atoms with Gasteiger partial charge < -0.3 is 4.57 Å².